The number of carbonyl (C=O) groups excluding carboxylic acids is 1. The van der Waals surface area contributed by atoms with E-state index >= 15 is 0 Å². The van der Waals surface area contributed by atoms with Crippen molar-refractivity contribution in [1.29, 1.82) is 0 Å². The van der Waals surface area contributed by atoms with Crippen molar-refractivity contribution >= 4 is 5.91 Å². The van der Waals surface area contributed by atoms with Gasteiger partial charge in [0, 0.05) is 43.9 Å². The molecule has 26 heavy (non-hydrogen) atoms. The molecule has 1 fully saturated rings. The fourth-order valence-corrected chi connectivity index (χ4v) is 3.86. The number of aromatic nitrogens is 4. The van der Waals surface area contributed by atoms with Crippen molar-refractivity contribution in [2.75, 3.05) is 6.54 Å². The number of amides is 1. The second-order valence-electron chi connectivity index (χ2n) is 7.68. The largest absolute Gasteiger partial charge is 0.350 e. The molecule has 7 nitrogen and oxygen atoms in total. The first-order valence-electron chi connectivity index (χ1n) is 9.56. The highest BCUT2D eigenvalue weighted by molar-refractivity contribution is 5.79. The molecule has 0 saturated heterocycles. The molecule has 4 rings (SSSR count). The Balaban J connectivity index is 1.37. The third-order valence-electron chi connectivity index (χ3n) is 5.89. The fourth-order valence-electron chi connectivity index (χ4n) is 3.86. The van der Waals surface area contributed by atoms with Gasteiger partial charge in [-0.05, 0) is 32.8 Å². The van der Waals surface area contributed by atoms with Gasteiger partial charge in [0.2, 0.25) is 5.91 Å². The molecule has 0 aromatic carbocycles. The van der Waals surface area contributed by atoms with Crippen LogP contribution in [0.4, 0.5) is 0 Å². The van der Waals surface area contributed by atoms with Gasteiger partial charge in [-0.25, -0.2) is 0 Å². The lowest BCUT2D eigenvalue weighted by atomic mass is 9.85. The van der Waals surface area contributed by atoms with Gasteiger partial charge in [-0.1, -0.05) is 6.42 Å². The van der Waals surface area contributed by atoms with Crippen LogP contribution in [0.5, 0.6) is 0 Å². The standard InChI is InChI=1S/C19H28N6O/c1-13-18(14(2)23(3)21-13)12-24-7-8-25-17(11-24)9-16(22-25)10-20-19(26)15-5-4-6-15/h9,15H,4-8,10-12H2,1-3H3,(H,20,26). The van der Waals surface area contributed by atoms with E-state index in [4.69, 9.17) is 0 Å². The van der Waals surface area contributed by atoms with Gasteiger partial charge in [0.25, 0.3) is 0 Å². The molecular formula is C19H28N6O. The lowest BCUT2D eigenvalue weighted by Crippen LogP contribution is -2.34. The second kappa shape index (κ2) is 6.87. The Morgan fingerprint density at radius 3 is 2.73 bits per heavy atom. The van der Waals surface area contributed by atoms with Gasteiger partial charge in [-0.15, -0.1) is 0 Å². The van der Waals surface area contributed by atoms with Crippen LogP contribution >= 0.6 is 0 Å². The molecule has 140 valence electrons. The average Bonchev–Trinajstić information content (AvgIpc) is 3.07. The van der Waals surface area contributed by atoms with E-state index in [1.807, 2.05) is 11.7 Å². The van der Waals surface area contributed by atoms with E-state index < -0.39 is 0 Å². The van der Waals surface area contributed by atoms with Crippen LogP contribution in [0.3, 0.4) is 0 Å². The first-order chi connectivity index (χ1) is 12.5. The minimum atomic E-state index is 0.186. The van der Waals surface area contributed by atoms with Crippen molar-refractivity contribution in [3.63, 3.8) is 0 Å². The van der Waals surface area contributed by atoms with Crippen molar-refractivity contribution in [3.8, 4) is 0 Å². The van der Waals surface area contributed by atoms with Crippen LogP contribution in [0.15, 0.2) is 6.07 Å². The smallest absolute Gasteiger partial charge is 0.223 e. The summed E-state index contributed by atoms with van der Waals surface area (Å²) in [4.78, 5) is 14.5. The summed E-state index contributed by atoms with van der Waals surface area (Å²) >= 11 is 0. The molecule has 1 saturated carbocycles. The first kappa shape index (κ1) is 17.3. The quantitative estimate of drug-likeness (QED) is 0.885. The van der Waals surface area contributed by atoms with Gasteiger partial charge >= 0.3 is 0 Å². The average molecular weight is 356 g/mol. The van der Waals surface area contributed by atoms with E-state index in [1.165, 1.54) is 23.4 Å². The zero-order valence-electron chi connectivity index (χ0n) is 16.0. The normalized spacial score (nSPS) is 17.8. The molecule has 1 N–H and O–H groups in total. The number of aryl methyl sites for hydroxylation is 2. The third-order valence-corrected chi connectivity index (χ3v) is 5.89. The summed E-state index contributed by atoms with van der Waals surface area (Å²) < 4.78 is 4.05. The molecule has 0 spiro atoms. The van der Waals surface area contributed by atoms with Crippen LogP contribution < -0.4 is 5.32 Å². The summed E-state index contributed by atoms with van der Waals surface area (Å²) in [6, 6.07) is 2.14. The lowest BCUT2D eigenvalue weighted by molar-refractivity contribution is -0.127. The zero-order valence-corrected chi connectivity index (χ0v) is 16.0. The van der Waals surface area contributed by atoms with Gasteiger partial charge in [0.15, 0.2) is 0 Å². The highest BCUT2D eigenvalue weighted by atomic mass is 16.1. The van der Waals surface area contributed by atoms with Crippen LogP contribution in [0, 0.1) is 19.8 Å². The highest BCUT2D eigenvalue weighted by Gasteiger charge is 2.25. The number of rotatable bonds is 5. The Hall–Kier alpha value is -2.15. The molecule has 0 unspecified atom stereocenters. The molecule has 2 aliphatic rings. The van der Waals surface area contributed by atoms with Crippen LogP contribution in [0.25, 0.3) is 0 Å². The maximum atomic E-state index is 12.0. The van der Waals surface area contributed by atoms with Crippen LogP contribution in [0.2, 0.25) is 0 Å². The predicted octanol–water partition coefficient (Wildman–Crippen LogP) is 1.67. The molecular weight excluding hydrogens is 328 g/mol. The van der Waals surface area contributed by atoms with Gasteiger partial charge in [-0.2, -0.15) is 10.2 Å². The van der Waals surface area contributed by atoms with Crippen LogP contribution in [-0.2, 0) is 38.0 Å². The van der Waals surface area contributed by atoms with E-state index in [-0.39, 0.29) is 11.8 Å². The topological polar surface area (TPSA) is 68.0 Å². The highest BCUT2D eigenvalue weighted by Crippen LogP contribution is 2.26. The second-order valence-corrected chi connectivity index (χ2v) is 7.68. The third kappa shape index (κ3) is 3.28. The van der Waals surface area contributed by atoms with E-state index in [0.29, 0.717) is 6.54 Å². The summed E-state index contributed by atoms with van der Waals surface area (Å²) in [7, 11) is 2.00. The Labute approximate surface area is 154 Å². The minimum absolute atomic E-state index is 0.186. The summed E-state index contributed by atoms with van der Waals surface area (Å²) in [6.07, 6.45) is 3.25. The Morgan fingerprint density at radius 1 is 1.27 bits per heavy atom. The Kier molecular flexibility index (Phi) is 4.56. The molecule has 2 aromatic rings. The number of carbonyl (C=O) groups is 1. The van der Waals surface area contributed by atoms with Crippen molar-refractivity contribution in [3.05, 3.63) is 34.4 Å². The molecule has 1 aliphatic carbocycles. The maximum absolute atomic E-state index is 12.0. The Bertz CT molecular complexity index is 816. The van der Waals surface area contributed by atoms with Gasteiger partial charge < -0.3 is 5.32 Å². The van der Waals surface area contributed by atoms with Crippen molar-refractivity contribution in [2.45, 2.75) is 59.3 Å². The number of nitrogens with zero attached hydrogens (tertiary/aromatic N) is 5. The maximum Gasteiger partial charge on any atom is 0.223 e. The zero-order chi connectivity index (χ0) is 18.3. The first-order valence-corrected chi connectivity index (χ1v) is 9.56. The Morgan fingerprint density at radius 2 is 2.08 bits per heavy atom. The molecule has 1 aliphatic heterocycles. The van der Waals surface area contributed by atoms with E-state index in [9.17, 15) is 4.79 Å². The van der Waals surface area contributed by atoms with Gasteiger partial charge in [0.1, 0.15) is 0 Å². The predicted molar refractivity (Wildman–Crippen MR) is 98.2 cm³/mol. The molecule has 0 radical (unpaired) electrons. The van der Waals surface area contributed by atoms with Crippen LogP contribution in [0.1, 0.15) is 47.6 Å². The monoisotopic (exact) mass is 356 g/mol. The number of hydrogen-bond acceptors (Lipinski definition) is 4. The molecule has 7 heteroatoms. The molecule has 2 aromatic heterocycles. The molecule has 1 amide bonds. The van der Waals surface area contributed by atoms with Crippen molar-refractivity contribution in [2.24, 2.45) is 13.0 Å². The van der Waals surface area contributed by atoms with E-state index in [2.05, 4.69) is 45.0 Å². The van der Waals surface area contributed by atoms with Crippen LogP contribution in [-0.4, -0.2) is 36.9 Å². The van der Waals surface area contributed by atoms with E-state index in [0.717, 1.165) is 50.4 Å². The van der Waals surface area contributed by atoms with Gasteiger partial charge in [-0.3, -0.25) is 19.1 Å². The molecule has 3 heterocycles. The summed E-state index contributed by atoms with van der Waals surface area (Å²) in [5.41, 5.74) is 5.87. The van der Waals surface area contributed by atoms with Crippen molar-refractivity contribution in [1.82, 2.24) is 29.8 Å². The number of hydrogen-bond donors (Lipinski definition) is 1. The number of fused-ring (bicyclic) bond motifs is 1. The van der Waals surface area contributed by atoms with Gasteiger partial charge in [0.05, 0.1) is 30.2 Å². The minimum Gasteiger partial charge on any atom is -0.350 e. The number of nitrogens with one attached hydrogen (secondary N) is 1. The SMILES string of the molecule is Cc1nn(C)c(C)c1CN1CCn2nc(CNC(=O)C3CCC3)cc2C1. The lowest BCUT2D eigenvalue weighted by Gasteiger charge is -2.27. The summed E-state index contributed by atoms with van der Waals surface area (Å²) in [6.45, 7) is 8.43. The summed E-state index contributed by atoms with van der Waals surface area (Å²) in [5.74, 6) is 0.417. The van der Waals surface area contributed by atoms with E-state index in [1.54, 1.807) is 0 Å². The van der Waals surface area contributed by atoms with Crippen molar-refractivity contribution < 1.29 is 4.79 Å². The fraction of sp³-hybridized carbons (Fsp3) is 0.632. The molecule has 0 bridgehead atoms. The summed E-state index contributed by atoms with van der Waals surface area (Å²) in [5, 5.41) is 12.2. The molecule has 0 atom stereocenters.